The van der Waals surface area contributed by atoms with Gasteiger partial charge in [-0.15, -0.1) is 0 Å². The van der Waals surface area contributed by atoms with Crippen LogP contribution in [-0.4, -0.2) is 26.8 Å². The molecule has 0 aromatic heterocycles. The summed E-state index contributed by atoms with van der Waals surface area (Å²) in [6.07, 6.45) is 0. The van der Waals surface area contributed by atoms with Gasteiger partial charge in [-0.25, -0.2) is 12.7 Å². The quantitative estimate of drug-likeness (QED) is 0.869. The number of halogens is 1. The molecule has 0 bridgehead atoms. The highest BCUT2D eigenvalue weighted by atomic mass is 35.5. The van der Waals surface area contributed by atoms with Crippen molar-refractivity contribution < 1.29 is 13.2 Å². The molecule has 0 aliphatic heterocycles. The van der Waals surface area contributed by atoms with Crippen LogP contribution in [0, 0.1) is 0 Å². The molecule has 4 nitrogen and oxygen atoms in total. The van der Waals surface area contributed by atoms with Crippen molar-refractivity contribution in [2.45, 2.75) is 4.90 Å². The van der Waals surface area contributed by atoms with Gasteiger partial charge < -0.3 is 4.74 Å². The number of hydrogen-bond acceptors (Lipinski definition) is 3. The van der Waals surface area contributed by atoms with E-state index in [2.05, 4.69) is 0 Å². The molecule has 106 valence electrons. The molecule has 0 spiro atoms. The second kappa shape index (κ2) is 5.83. The van der Waals surface area contributed by atoms with E-state index in [0.29, 0.717) is 16.5 Å². The Bertz CT molecular complexity index is 697. The van der Waals surface area contributed by atoms with E-state index in [-0.39, 0.29) is 4.90 Å². The zero-order valence-corrected chi connectivity index (χ0v) is 12.6. The lowest BCUT2D eigenvalue weighted by Crippen LogP contribution is -2.22. The van der Waals surface area contributed by atoms with Gasteiger partial charge in [0.15, 0.2) is 0 Å². The Morgan fingerprint density at radius 1 is 1.00 bits per heavy atom. The van der Waals surface area contributed by atoms with Gasteiger partial charge in [-0.1, -0.05) is 23.7 Å². The van der Waals surface area contributed by atoms with Crippen LogP contribution in [0.25, 0.3) is 0 Å². The fourth-order valence-corrected chi connectivity index (χ4v) is 2.62. The first-order valence-electron chi connectivity index (χ1n) is 5.86. The molecule has 0 amide bonds. The number of para-hydroxylation sites is 1. The fourth-order valence-electron chi connectivity index (χ4n) is 1.54. The Labute approximate surface area is 123 Å². The number of rotatable bonds is 4. The topological polar surface area (TPSA) is 46.6 Å². The van der Waals surface area contributed by atoms with E-state index in [1.807, 2.05) is 12.1 Å². The number of hydrogen-bond donors (Lipinski definition) is 0. The summed E-state index contributed by atoms with van der Waals surface area (Å²) in [5.41, 5.74) is 0. The minimum absolute atomic E-state index is 0.217. The van der Waals surface area contributed by atoms with Crippen molar-refractivity contribution in [3.63, 3.8) is 0 Å². The molecule has 2 rings (SSSR count). The molecular weight excluding hydrogens is 298 g/mol. The Morgan fingerprint density at radius 2 is 1.60 bits per heavy atom. The van der Waals surface area contributed by atoms with Crippen molar-refractivity contribution in [2.75, 3.05) is 14.1 Å². The van der Waals surface area contributed by atoms with Crippen LogP contribution >= 0.6 is 11.6 Å². The molecule has 0 saturated heterocycles. The standard InChI is InChI=1S/C14H14ClNO3S/c1-16(2)20(17,18)12-9-7-11(8-10-12)19-14-6-4-3-5-13(14)15/h3-10H,1-2H3. The summed E-state index contributed by atoms with van der Waals surface area (Å²) in [6.45, 7) is 0. The SMILES string of the molecule is CN(C)S(=O)(=O)c1ccc(Oc2ccccc2Cl)cc1. The van der Waals surface area contributed by atoms with Crippen molar-refractivity contribution in [1.29, 1.82) is 0 Å². The van der Waals surface area contributed by atoms with Crippen molar-refractivity contribution in [3.8, 4) is 11.5 Å². The van der Waals surface area contributed by atoms with Crippen molar-refractivity contribution in [2.24, 2.45) is 0 Å². The van der Waals surface area contributed by atoms with E-state index >= 15 is 0 Å². The second-order valence-electron chi connectivity index (χ2n) is 4.29. The lowest BCUT2D eigenvalue weighted by Gasteiger charge is -2.12. The summed E-state index contributed by atoms with van der Waals surface area (Å²) < 4.78 is 30.6. The van der Waals surface area contributed by atoms with Crippen LogP contribution in [0.4, 0.5) is 0 Å². The summed E-state index contributed by atoms with van der Waals surface area (Å²) in [5, 5.41) is 0.498. The fraction of sp³-hybridized carbons (Fsp3) is 0.143. The summed E-state index contributed by atoms with van der Waals surface area (Å²) in [7, 11) is -0.444. The van der Waals surface area contributed by atoms with Crippen LogP contribution in [0.2, 0.25) is 5.02 Å². The van der Waals surface area contributed by atoms with Gasteiger partial charge in [0, 0.05) is 14.1 Å². The molecule has 0 aliphatic rings. The van der Waals surface area contributed by atoms with Crippen LogP contribution in [0.1, 0.15) is 0 Å². The van der Waals surface area contributed by atoms with Crippen LogP contribution in [0.5, 0.6) is 11.5 Å². The number of benzene rings is 2. The van der Waals surface area contributed by atoms with E-state index < -0.39 is 10.0 Å². The van der Waals surface area contributed by atoms with Crippen molar-refractivity contribution in [3.05, 3.63) is 53.6 Å². The predicted octanol–water partition coefficient (Wildman–Crippen LogP) is 3.38. The molecule has 6 heteroatoms. The largest absolute Gasteiger partial charge is 0.456 e. The summed E-state index contributed by atoms with van der Waals surface area (Å²) in [6, 6.07) is 13.3. The zero-order chi connectivity index (χ0) is 14.8. The molecule has 20 heavy (non-hydrogen) atoms. The minimum Gasteiger partial charge on any atom is -0.456 e. The lowest BCUT2D eigenvalue weighted by molar-refractivity contribution is 0.482. The first-order valence-corrected chi connectivity index (χ1v) is 7.68. The van der Waals surface area contributed by atoms with E-state index in [1.165, 1.54) is 26.2 Å². The van der Waals surface area contributed by atoms with Gasteiger partial charge in [0.1, 0.15) is 11.5 Å². The molecule has 2 aromatic carbocycles. The van der Waals surface area contributed by atoms with Gasteiger partial charge in [-0.3, -0.25) is 0 Å². The average molecular weight is 312 g/mol. The third-order valence-corrected chi connectivity index (χ3v) is 4.81. The Hall–Kier alpha value is -1.56. The highest BCUT2D eigenvalue weighted by Gasteiger charge is 2.16. The van der Waals surface area contributed by atoms with Crippen LogP contribution in [-0.2, 0) is 10.0 Å². The minimum atomic E-state index is -3.42. The molecule has 0 aliphatic carbocycles. The number of sulfonamides is 1. The third kappa shape index (κ3) is 3.12. The molecule has 0 saturated carbocycles. The molecule has 0 radical (unpaired) electrons. The van der Waals surface area contributed by atoms with Crippen LogP contribution < -0.4 is 4.74 Å². The third-order valence-electron chi connectivity index (χ3n) is 2.67. The summed E-state index contributed by atoms with van der Waals surface area (Å²) in [5.74, 6) is 1.05. The lowest BCUT2D eigenvalue weighted by atomic mass is 10.3. The summed E-state index contributed by atoms with van der Waals surface area (Å²) in [4.78, 5) is 0.217. The maximum Gasteiger partial charge on any atom is 0.242 e. The normalized spacial score (nSPS) is 11.6. The van der Waals surface area contributed by atoms with Crippen LogP contribution in [0.15, 0.2) is 53.4 Å². The molecule has 0 N–H and O–H groups in total. The van der Waals surface area contributed by atoms with Gasteiger partial charge in [0.05, 0.1) is 9.92 Å². The Balaban J connectivity index is 2.24. The maximum absolute atomic E-state index is 11.9. The maximum atomic E-state index is 11.9. The van der Waals surface area contributed by atoms with Crippen molar-refractivity contribution in [1.82, 2.24) is 4.31 Å². The zero-order valence-electron chi connectivity index (χ0n) is 11.1. The highest BCUT2D eigenvalue weighted by molar-refractivity contribution is 7.89. The molecule has 0 unspecified atom stereocenters. The molecule has 0 atom stereocenters. The van der Waals surface area contributed by atoms with E-state index in [0.717, 1.165) is 4.31 Å². The number of ether oxygens (including phenoxy) is 1. The molecule has 0 heterocycles. The molecule has 2 aromatic rings. The van der Waals surface area contributed by atoms with Gasteiger partial charge in [-0.05, 0) is 36.4 Å². The molecular formula is C14H14ClNO3S. The van der Waals surface area contributed by atoms with Gasteiger partial charge in [0.25, 0.3) is 0 Å². The van der Waals surface area contributed by atoms with Gasteiger partial charge in [0.2, 0.25) is 10.0 Å². The van der Waals surface area contributed by atoms with Gasteiger partial charge in [-0.2, -0.15) is 0 Å². The van der Waals surface area contributed by atoms with E-state index in [4.69, 9.17) is 16.3 Å². The van der Waals surface area contributed by atoms with E-state index in [9.17, 15) is 8.42 Å². The predicted molar refractivity (Wildman–Crippen MR) is 78.8 cm³/mol. The summed E-state index contributed by atoms with van der Waals surface area (Å²) >= 11 is 5.99. The molecule has 0 fully saturated rings. The van der Waals surface area contributed by atoms with Crippen molar-refractivity contribution >= 4 is 21.6 Å². The van der Waals surface area contributed by atoms with Crippen LogP contribution in [0.3, 0.4) is 0 Å². The highest BCUT2D eigenvalue weighted by Crippen LogP contribution is 2.29. The second-order valence-corrected chi connectivity index (χ2v) is 6.85. The number of nitrogens with zero attached hydrogens (tertiary/aromatic N) is 1. The Morgan fingerprint density at radius 3 is 2.15 bits per heavy atom. The van der Waals surface area contributed by atoms with Gasteiger partial charge >= 0.3 is 0 Å². The Kier molecular flexibility index (Phi) is 4.32. The monoisotopic (exact) mass is 311 g/mol. The smallest absolute Gasteiger partial charge is 0.242 e. The first kappa shape index (κ1) is 14.8. The van der Waals surface area contributed by atoms with E-state index in [1.54, 1.807) is 24.3 Å². The average Bonchev–Trinajstić information content (AvgIpc) is 2.42. The first-order chi connectivity index (χ1) is 9.41.